The summed E-state index contributed by atoms with van der Waals surface area (Å²) in [5, 5.41) is 2.81. The number of benzene rings is 1. The summed E-state index contributed by atoms with van der Waals surface area (Å²) in [6, 6.07) is 2.57. The lowest BCUT2D eigenvalue weighted by Crippen LogP contribution is -2.47. The van der Waals surface area contributed by atoms with Gasteiger partial charge >= 0.3 is 0 Å². The molecule has 1 aromatic carbocycles. The van der Waals surface area contributed by atoms with Gasteiger partial charge in [-0.15, -0.1) is 0 Å². The summed E-state index contributed by atoms with van der Waals surface area (Å²) in [6.07, 6.45) is 0. The fourth-order valence-electron chi connectivity index (χ4n) is 2.01. The van der Waals surface area contributed by atoms with Crippen molar-refractivity contribution in [2.75, 3.05) is 31.6 Å². The lowest BCUT2D eigenvalue weighted by atomic mass is 10.2. The predicted octanol–water partition coefficient (Wildman–Crippen LogP) is 1.62. The van der Waals surface area contributed by atoms with Gasteiger partial charge in [0.25, 0.3) is 0 Å². The van der Waals surface area contributed by atoms with E-state index in [-0.39, 0.29) is 11.6 Å². The number of rotatable bonds is 3. The summed E-state index contributed by atoms with van der Waals surface area (Å²) < 4.78 is 31.3. The summed E-state index contributed by atoms with van der Waals surface area (Å²) in [5.74, 6) is -1.45. The van der Waals surface area contributed by atoms with Gasteiger partial charge < -0.3 is 15.0 Å². The highest BCUT2D eigenvalue weighted by molar-refractivity contribution is 5.84. The van der Waals surface area contributed by atoms with Crippen LogP contribution in [0.4, 0.5) is 14.5 Å². The van der Waals surface area contributed by atoms with E-state index in [2.05, 4.69) is 5.32 Å². The Morgan fingerprint density at radius 3 is 2.42 bits per heavy atom. The molecule has 1 aliphatic heterocycles. The van der Waals surface area contributed by atoms with Crippen LogP contribution in [0.25, 0.3) is 0 Å². The number of anilines is 1. The highest BCUT2D eigenvalue weighted by atomic mass is 19.1. The molecule has 1 amide bonds. The Labute approximate surface area is 110 Å². The van der Waals surface area contributed by atoms with Gasteiger partial charge in [-0.3, -0.25) is 4.79 Å². The number of amides is 1. The fourth-order valence-corrected chi connectivity index (χ4v) is 2.01. The SMILES string of the molecule is CC(Nc1cc(F)cc(F)c1)C(=O)N1CCOCC1. The molecule has 1 fully saturated rings. The van der Waals surface area contributed by atoms with E-state index in [4.69, 9.17) is 4.74 Å². The molecule has 0 aromatic heterocycles. The molecule has 104 valence electrons. The highest BCUT2D eigenvalue weighted by Crippen LogP contribution is 2.14. The third-order valence-corrected chi connectivity index (χ3v) is 2.94. The van der Waals surface area contributed by atoms with E-state index in [1.165, 1.54) is 0 Å². The molecule has 1 aliphatic rings. The van der Waals surface area contributed by atoms with Gasteiger partial charge in [0.15, 0.2) is 0 Å². The molecule has 4 nitrogen and oxygen atoms in total. The molecular weight excluding hydrogens is 254 g/mol. The zero-order chi connectivity index (χ0) is 13.8. The Balaban J connectivity index is 1.99. The van der Waals surface area contributed by atoms with E-state index >= 15 is 0 Å². The monoisotopic (exact) mass is 270 g/mol. The minimum atomic E-state index is -0.673. The second-order valence-electron chi connectivity index (χ2n) is 4.46. The van der Waals surface area contributed by atoms with Crippen molar-refractivity contribution in [3.63, 3.8) is 0 Å². The van der Waals surface area contributed by atoms with Crippen molar-refractivity contribution in [3.8, 4) is 0 Å². The summed E-state index contributed by atoms with van der Waals surface area (Å²) in [7, 11) is 0. The first-order valence-electron chi connectivity index (χ1n) is 6.15. The summed E-state index contributed by atoms with van der Waals surface area (Å²) in [4.78, 5) is 13.8. The van der Waals surface area contributed by atoms with Crippen molar-refractivity contribution in [2.24, 2.45) is 0 Å². The van der Waals surface area contributed by atoms with Crippen molar-refractivity contribution in [1.29, 1.82) is 0 Å². The molecule has 0 saturated carbocycles. The Kier molecular flexibility index (Phi) is 4.31. The molecule has 1 saturated heterocycles. The number of hydrogen-bond donors (Lipinski definition) is 1. The third-order valence-electron chi connectivity index (χ3n) is 2.94. The Hall–Kier alpha value is -1.69. The van der Waals surface area contributed by atoms with Gasteiger partial charge in [-0.2, -0.15) is 0 Å². The van der Waals surface area contributed by atoms with E-state index in [9.17, 15) is 13.6 Å². The van der Waals surface area contributed by atoms with E-state index in [0.717, 1.165) is 18.2 Å². The first-order valence-corrected chi connectivity index (χ1v) is 6.15. The standard InChI is InChI=1S/C13H16F2N2O2/c1-9(13(18)17-2-4-19-5-3-17)16-12-7-10(14)6-11(15)8-12/h6-9,16H,2-5H2,1H3. The minimum absolute atomic E-state index is 0.104. The summed E-state index contributed by atoms with van der Waals surface area (Å²) in [5.41, 5.74) is 0.256. The summed E-state index contributed by atoms with van der Waals surface area (Å²) >= 11 is 0. The van der Waals surface area contributed by atoms with Gasteiger partial charge in [0.2, 0.25) is 5.91 Å². The van der Waals surface area contributed by atoms with E-state index in [1.807, 2.05) is 0 Å². The van der Waals surface area contributed by atoms with Crippen molar-refractivity contribution in [1.82, 2.24) is 4.90 Å². The van der Waals surface area contributed by atoms with Crippen LogP contribution in [-0.2, 0) is 9.53 Å². The maximum atomic E-state index is 13.0. The van der Waals surface area contributed by atoms with Crippen LogP contribution in [0.3, 0.4) is 0 Å². The Morgan fingerprint density at radius 2 is 1.84 bits per heavy atom. The van der Waals surface area contributed by atoms with Crippen LogP contribution in [0.15, 0.2) is 18.2 Å². The van der Waals surface area contributed by atoms with Crippen molar-refractivity contribution in [2.45, 2.75) is 13.0 Å². The molecule has 0 aliphatic carbocycles. The number of halogens is 2. The molecule has 2 rings (SSSR count). The Morgan fingerprint density at radius 1 is 1.26 bits per heavy atom. The summed E-state index contributed by atoms with van der Waals surface area (Å²) in [6.45, 7) is 3.80. The molecule has 0 spiro atoms. The second-order valence-corrected chi connectivity index (χ2v) is 4.46. The van der Waals surface area contributed by atoms with Crippen molar-refractivity contribution >= 4 is 11.6 Å². The smallest absolute Gasteiger partial charge is 0.244 e. The third kappa shape index (κ3) is 3.64. The maximum Gasteiger partial charge on any atom is 0.244 e. The first-order chi connectivity index (χ1) is 9.06. The topological polar surface area (TPSA) is 41.6 Å². The second kappa shape index (κ2) is 5.97. The number of hydrogen-bond acceptors (Lipinski definition) is 3. The van der Waals surface area contributed by atoms with E-state index < -0.39 is 17.7 Å². The Bertz CT molecular complexity index is 442. The molecule has 1 heterocycles. The molecule has 0 bridgehead atoms. The van der Waals surface area contributed by atoms with Gasteiger partial charge in [0, 0.05) is 24.8 Å². The normalized spacial score (nSPS) is 17.1. The van der Waals surface area contributed by atoms with Gasteiger partial charge in [-0.05, 0) is 19.1 Å². The zero-order valence-electron chi connectivity index (χ0n) is 10.7. The van der Waals surface area contributed by atoms with Crippen LogP contribution in [-0.4, -0.2) is 43.2 Å². The molecule has 19 heavy (non-hydrogen) atoms. The maximum absolute atomic E-state index is 13.0. The van der Waals surface area contributed by atoms with Gasteiger partial charge in [-0.25, -0.2) is 8.78 Å². The highest BCUT2D eigenvalue weighted by Gasteiger charge is 2.22. The van der Waals surface area contributed by atoms with Crippen molar-refractivity contribution in [3.05, 3.63) is 29.8 Å². The molecule has 1 N–H and O–H groups in total. The largest absolute Gasteiger partial charge is 0.378 e. The van der Waals surface area contributed by atoms with Gasteiger partial charge in [0.05, 0.1) is 13.2 Å². The molecule has 1 unspecified atom stereocenters. The van der Waals surface area contributed by atoms with Crippen LogP contribution in [0.1, 0.15) is 6.92 Å². The van der Waals surface area contributed by atoms with Crippen molar-refractivity contribution < 1.29 is 18.3 Å². The minimum Gasteiger partial charge on any atom is -0.378 e. The molecule has 0 radical (unpaired) electrons. The van der Waals surface area contributed by atoms with Crippen LogP contribution in [0.5, 0.6) is 0 Å². The average Bonchev–Trinajstić information content (AvgIpc) is 2.37. The molecule has 6 heteroatoms. The van der Waals surface area contributed by atoms with Gasteiger partial charge in [-0.1, -0.05) is 0 Å². The van der Waals surface area contributed by atoms with Crippen LogP contribution >= 0.6 is 0 Å². The lowest BCUT2D eigenvalue weighted by molar-refractivity contribution is -0.135. The van der Waals surface area contributed by atoms with Gasteiger partial charge in [0.1, 0.15) is 17.7 Å². The molecule has 1 atom stereocenters. The number of morpholine rings is 1. The van der Waals surface area contributed by atoms with Crippen LogP contribution in [0.2, 0.25) is 0 Å². The molecule has 1 aromatic rings. The first kappa shape index (κ1) is 13.7. The van der Waals surface area contributed by atoms with E-state index in [1.54, 1.807) is 11.8 Å². The number of nitrogens with one attached hydrogen (secondary N) is 1. The zero-order valence-corrected chi connectivity index (χ0v) is 10.7. The number of carbonyl (C=O) groups is 1. The average molecular weight is 270 g/mol. The predicted molar refractivity (Wildman–Crippen MR) is 66.8 cm³/mol. The molecular formula is C13H16F2N2O2. The number of carbonyl (C=O) groups excluding carboxylic acids is 1. The number of ether oxygens (including phenoxy) is 1. The quantitative estimate of drug-likeness (QED) is 0.907. The van der Waals surface area contributed by atoms with Crippen LogP contribution < -0.4 is 5.32 Å². The lowest BCUT2D eigenvalue weighted by Gasteiger charge is -2.29. The van der Waals surface area contributed by atoms with Crippen LogP contribution in [0, 0.1) is 11.6 Å². The fraction of sp³-hybridized carbons (Fsp3) is 0.462. The van der Waals surface area contributed by atoms with E-state index in [0.29, 0.717) is 26.3 Å². The number of nitrogens with zero attached hydrogens (tertiary/aromatic N) is 1.